The first-order valence-electron chi connectivity index (χ1n) is 1.80. The normalized spacial score (nSPS) is 14.8. The van der Waals surface area contributed by atoms with Gasteiger partial charge in [0.25, 0.3) is 0 Å². The lowest BCUT2D eigenvalue weighted by molar-refractivity contribution is 1.41. The summed E-state index contributed by atoms with van der Waals surface area (Å²) in [5.74, 6) is 0. The van der Waals surface area contributed by atoms with E-state index in [0.717, 1.165) is 5.15 Å². The van der Waals surface area contributed by atoms with E-state index in [9.17, 15) is 0 Å². The zero-order chi connectivity index (χ0) is 4.28. The highest BCUT2D eigenvalue weighted by atomic mass is 32.2. The van der Waals surface area contributed by atoms with Crippen molar-refractivity contribution in [3.63, 3.8) is 0 Å². The molecule has 0 aromatic rings. The van der Waals surface area contributed by atoms with E-state index in [1.807, 2.05) is 11.8 Å². The fourth-order valence-corrected chi connectivity index (χ4v) is 0. The molecule has 0 saturated carbocycles. The molecule has 0 rings (SSSR count). The van der Waals surface area contributed by atoms with Gasteiger partial charge in [0.2, 0.25) is 0 Å². The molecule has 0 amide bonds. The summed E-state index contributed by atoms with van der Waals surface area (Å²) >= 11 is 1.88. The molecule has 0 nitrogen and oxygen atoms in total. The summed E-state index contributed by atoms with van der Waals surface area (Å²) in [7, 11) is 2.19. The largest absolute Gasteiger partial charge is 0.171 e. The van der Waals surface area contributed by atoms with Crippen LogP contribution in [0, 0.1) is 0 Å². The molecule has 30 valence electrons. The second-order valence-corrected chi connectivity index (χ2v) is 2.70. The fourth-order valence-electron chi connectivity index (χ4n) is 0. The van der Waals surface area contributed by atoms with Crippen LogP contribution in [-0.2, 0) is 0 Å². The highest BCUT2D eigenvalue weighted by Crippen LogP contribution is 1.96. The Labute approximate surface area is 38.7 Å². The first kappa shape index (κ1) is 5.41. The highest BCUT2D eigenvalue weighted by molar-refractivity contribution is 8.00. The molecule has 0 fully saturated rings. The Kier molecular flexibility index (Phi) is 2.86. The number of hydrogen-bond donors (Lipinski definition) is 0. The lowest BCUT2D eigenvalue weighted by Crippen LogP contribution is -1.88. The molecule has 5 heavy (non-hydrogen) atoms. The zero-order valence-electron chi connectivity index (χ0n) is 3.99. The van der Waals surface area contributed by atoms with Gasteiger partial charge in [-0.2, -0.15) is 11.8 Å². The standard InChI is InChI=1S/C3H9BS/c1-3(4)5-2/h3H,4H2,1-2H3/t3-/m1/s1. The van der Waals surface area contributed by atoms with Crippen molar-refractivity contribution in [2.75, 3.05) is 6.26 Å². The summed E-state index contributed by atoms with van der Waals surface area (Å²) in [5.41, 5.74) is 0. The third kappa shape index (κ3) is 4.41. The average molecular weight is 88.0 g/mol. The Morgan fingerprint density at radius 2 is 2.00 bits per heavy atom. The monoisotopic (exact) mass is 88.1 g/mol. The summed E-state index contributed by atoms with van der Waals surface area (Å²) in [5, 5.41) is 0.801. The van der Waals surface area contributed by atoms with Gasteiger partial charge >= 0.3 is 0 Å². The maximum Gasteiger partial charge on any atom is 0.117 e. The van der Waals surface area contributed by atoms with E-state index in [1.54, 1.807) is 0 Å². The van der Waals surface area contributed by atoms with Crippen LogP contribution in [0.4, 0.5) is 0 Å². The van der Waals surface area contributed by atoms with Crippen LogP contribution >= 0.6 is 11.8 Å². The predicted molar refractivity (Wildman–Crippen MR) is 31.5 cm³/mol. The molecular weight excluding hydrogens is 78.9 g/mol. The molecule has 0 bridgehead atoms. The Morgan fingerprint density at radius 3 is 2.00 bits per heavy atom. The number of rotatable bonds is 1. The smallest absolute Gasteiger partial charge is 0.117 e. The molecule has 0 saturated heterocycles. The minimum absolute atomic E-state index is 0.801. The van der Waals surface area contributed by atoms with E-state index >= 15 is 0 Å². The second-order valence-electron chi connectivity index (χ2n) is 1.28. The zero-order valence-corrected chi connectivity index (χ0v) is 4.80. The molecule has 1 atom stereocenters. The van der Waals surface area contributed by atoms with Crippen molar-refractivity contribution in [2.24, 2.45) is 0 Å². The summed E-state index contributed by atoms with van der Waals surface area (Å²) in [6.07, 6.45) is 2.12. The van der Waals surface area contributed by atoms with Crippen LogP contribution in [0.15, 0.2) is 0 Å². The van der Waals surface area contributed by atoms with Gasteiger partial charge in [-0.1, -0.05) is 6.92 Å². The summed E-state index contributed by atoms with van der Waals surface area (Å²) in [6.45, 7) is 2.19. The Morgan fingerprint density at radius 1 is 1.80 bits per heavy atom. The van der Waals surface area contributed by atoms with Crippen molar-refractivity contribution >= 4 is 19.6 Å². The predicted octanol–water partition coefficient (Wildman–Crippen LogP) is 0.329. The first-order chi connectivity index (χ1) is 2.27. The SMILES string of the molecule is B[C@@H](C)SC. The lowest BCUT2D eigenvalue weighted by atomic mass is 10.1. The Hall–Kier alpha value is 0.415. The van der Waals surface area contributed by atoms with E-state index in [1.165, 1.54) is 0 Å². The van der Waals surface area contributed by atoms with E-state index in [2.05, 4.69) is 21.0 Å². The second kappa shape index (κ2) is 2.64. The average Bonchev–Trinajstić information content (AvgIpc) is 1.38. The summed E-state index contributed by atoms with van der Waals surface area (Å²) in [6, 6.07) is 0. The van der Waals surface area contributed by atoms with Crippen LogP contribution in [0.3, 0.4) is 0 Å². The van der Waals surface area contributed by atoms with Crippen LogP contribution in [0.2, 0.25) is 0 Å². The van der Waals surface area contributed by atoms with Gasteiger partial charge in [0.15, 0.2) is 0 Å². The van der Waals surface area contributed by atoms with E-state index in [4.69, 9.17) is 0 Å². The Balaban J connectivity index is 2.54. The van der Waals surface area contributed by atoms with E-state index in [0.29, 0.717) is 0 Å². The Bertz CT molecular complexity index is 20.9. The van der Waals surface area contributed by atoms with Crippen molar-refractivity contribution < 1.29 is 0 Å². The fraction of sp³-hybridized carbons (Fsp3) is 1.00. The van der Waals surface area contributed by atoms with Gasteiger partial charge < -0.3 is 0 Å². The van der Waals surface area contributed by atoms with Crippen molar-refractivity contribution in [3.05, 3.63) is 0 Å². The van der Waals surface area contributed by atoms with Crippen LogP contribution in [0.5, 0.6) is 0 Å². The van der Waals surface area contributed by atoms with Gasteiger partial charge in [0.1, 0.15) is 7.85 Å². The van der Waals surface area contributed by atoms with Crippen molar-refractivity contribution in [1.82, 2.24) is 0 Å². The molecule has 0 aromatic carbocycles. The topological polar surface area (TPSA) is 0 Å². The molecule has 0 aliphatic rings. The molecule has 0 unspecified atom stereocenters. The summed E-state index contributed by atoms with van der Waals surface area (Å²) < 4.78 is 0. The minimum Gasteiger partial charge on any atom is -0.171 e. The molecule has 0 aliphatic heterocycles. The van der Waals surface area contributed by atoms with Gasteiger partial charge in [0.05, 0.1) is 0 Å². The molecule has 0 spiro atoms. The first-order valence-corrected chi connectivity index (χ1v) is 3.09. The summed E-state index contributed by atoms with van der Waals surface area (Å²) in [4.78, 5) is 0. The molecule has 0 heterocycles. The number of hydrogen-bond acceptors (Lipinski definition) is 1. The van der Waals surface area contributed by atoms with Gasteiger partial charge in [-0.25, -0.2) is 0 Å². The highest BCUT2D eigenvalue weighted by Gasteiger charge is 1.80. The third-order valence-electron chi connectivity index (χ3n) is 0.471. The van der Waals surface area contributed by atoms with Crippen LogP contribution in [0.1, 0.15) is 6.92 Å². The minimum atomic E-state index is 0.801. The van der Waals surface area contributed by atoms with Crippen LogP contribution in [-0.4, -0.2) is 19.3 Å². The molecule has 0 aliphatic carbocycles. The van der Waals surface area contributed by atoms with Crippen LogP contribution < -0.4 is 0 Å². The maximum absolute atomic E-state index is 2.19. The molecule has 0 radical (unpaired) electrons. The van der Waals surface area contributed by atoms with Gasteiger partial charge in [-0.3, -0.25) is 0 Å². The van der Waals surface area contributed by atoms with E-state index < -0.39 is 0 Å². The maximum atomic E-state index is 2.19. The molecule has 2 heteroatoms. The van der Waals surface area contributed by atoms with Gasteiger partial charge in [-0.05, 0) is 11.4 Å². The van der Waals surface area contributed by atoms with Crippen molar-refractivity contribution in [2.45, 2.75) is 12.1 Å². The molecular formula is C3H9BS. The third-order valence-corrected chi connectivity index (χ3v) is 1.41. The lowest BCUT2D eigenvalue weighted by Gasteiger charge is -1.90. The number of thioether (sulfide) groups is 1. The van der Waals surface area contributed by atoms with Crippen molar-refractivity contribution in [3.8, 4) is 0 Å². The molecule has 0 aromatic heterocycles. The van der Waals surface area contributed by atoms with E-state index in [-0.39, 0.29) is 0 Å². The van der Waals surface area contributed by atoms with Crippen LogP contribution in [0.25, 0.3) is 0 Å². The quantitative estimate of drug-likeness (QED) is 0.416. The molecule has 0 N–H and O–H groups in total. The van der Waals surface area contributed by atoms with Gasteiger partial charge in [0, 0.05) is 0 Å². The van der Waals surface area contributed by atoms with Gasteiger partial charge in [-0.15, -0.1) is 0 Å². The van der Waals surface area contributed by atoms with Crippen molar-refractivity contribution in [1.29, 1.82) is 0 Å².